The lowest BCUT2D eigenvalue weighted by molar-refractivity contribution is 0.626. The van der Waals surface area contributed by atoms with Crippen LogP contribution in [0.5, 0.6) is 0 Å². The minimum absolute atomic E-state index is 0.299. The third-order valence-corrected chi connectivity index (χ3v) is 4.70. The van der Waals surface area contributed by atoms with Gasteiger partial charge in [-0.3, -0.25) is 4.57 Å². The zero-order chi connectivity index (χ0) is 14.4. The minimum atomic E-state index is -0.397. The van der Waals surface area contributed by atoms with Crippen LogP contribution in [-0.4, -0.2) is 9.55 Å². The van der Waals surface area contributed by atoms with Crippen LogP contribution in [0.15, 0.2) is 34.8 Å². The average molecular weight is 484 g/mol. The molecule has 2 nitrogen and oxygen atoms in total. The number of aromatic nitrogens is 2. The van der Waals surface area contributed by atoms with Crippen LogP contribution in [0.25, 0.3) is 16.7 Å². The molecule has 0 radical (unpaired) electrons. The van der Waals surface area contributed by atoms with Gasteiger partial charge in [0.1, 0.15) is 5.82 Å². The molecule has 0 aliphatic heterocycles. The highest BCUT2D eigenvalue weighted by atomic mass is 127. The van der Waals surface area contributed by atoms with E-state index in [1.807, 2.05) is 18.2 Å². The van der Waals surface area contributed by atoms with Crippen molar-refractivity contribution in [2.75, 3.05) is 0 Å². The number of imidazole rings is 1. The molecule has 1 aromatic heterocycles. The van der Waals surface area contributed by atoms with Crippen molar-refractivity contribution >= 4 is 73.4 Å². The molecule has 0 spiro atoms. The van der Waals surface area contributed by atoms with Gasteiger partial charge in [-0.15, -0.1) is 0 Å². The van der Waals surface area contributed by atoms with Gasteiger partial charge in [0.15, 0.2) is 4.77 Å². The third kappa shape index (κ3) is 2.43. The molecule has 7 heteroatoms. The SMILES string of the molecule is Fc1cc(Cl)c(-n2c(=S)[nH]c3cc(I)ccc32)c(Br)c1. The lowest BCUT2D eigenvalue weighted by atomic mass is 10.2. The summed E-state index contributed by atoms with van der Waals surface area (Å²) in [5, 5.41) is 0.299. The molecule has 102 valence electrons. The minimum Gasteiger partial charge on any atom is -0.330 e. The first-order valence-corrected chi connectivity index (χ1v) is 8.18. The first-order chi connectivity index (χ1) is 9.47. The summed E-state index contributed by atoms with van der Waals surface area (Å²) in [6, 6.07) is 8.57. The third-order valence-electron chi connectivity index (χ3n) is 2.85. The monoisotopic (exact) mass is 482 g/mol. The number of rotatable bonds is 1. The van der Waals surface area contributed by atoms with Crippen LogP contribution in [0.3, 0.4) is 0 Å². The summed E-state index contributed by atoms with van der Waals surface area (Å²) in [6.45, 7) is 0. The van der Waals surface area contributed by atoms with E-state index in [0.717, 1.165) is 14.6 Å². The van der Waals surface area contributed by atoms with Crippen molar-refractivity contribution in [1.82, 2.24) is 9.55 Å². The van der Waals surface area contributed by atoms with Crippen molar-refractivity contribution in [3.63, 3.8) is 0 Å². The molecule has 1 N–H and O–H groups in total. The molecule has 0 saturated carbocycles. The Balaban J connectivity index is 2.41. The van der Waals surface area contributed by atoms with Gasteiger partial charge in [-0.25, -0.2) is 4.39 Å². The van der Waals surface area contributed by atoms with E-state index in [4.69, 9.17) is 23.8 Å². The number of halogens is 4. The summed E-state index contributed by atoms with van der Waals surface area (Å²) < 4.78 is 17.3. The van der Waals surface area contributed by atoms with E-state index in [9.17, 15) is 4.39 Å². The predicted molar refractivity (Wildman–Crippen MR) is 93.8 cm³/mol. The van der Waals surface area contributed by atoms with Gasteiger partial charge < -0.3 is 4.98 Å². The number of nitrogens with zero attached hydrogens (tertiary/aromatic N) is 1. The van der Waals surface area contributed by atoms with Gasteiger partial charge >= 0.3 is 0 Å². The Hall–Kier alpha value is -0.440. The first kappa shape index (κ1) is 14.5. The van der Waals surface area contributed by atoms with Crippen molar-refractivity contribution in [1.29, 1.82) is 0 Å². The fraction of sp³-hybridized carbons (Fsp3) is 0. The molecule has 0 bridgehead atoms. The van der Waals surface area contributed by atoms with E-state index in [1.54, 1.807) is 4.57 Å². The van der Waals surface area contributed by atoms with Gasteiger partial charge in [0, 0.05) is 8.04 Å². The van der Waals surface area contributed by atoms with E-state index >= 15 is 0 Å². The van der Waals surface area contributed by atoms with Crippen molar-refractivity contribution in [2.24, 2.45) is 0 Å². The molecule has 20 heavy (non-hydrogen) atoms. The number of aromatic amines is 1. The Morgan fingerprint density at radius 3 is 2.75 bits per heavy atom. The largest absolute Gasteiger partial charge is 0.330 e. The van der Waals surface area contributed by atoms with Crippen molar-refractivity contribution in [3.05, 3.63) is 54.0 Å². The Labute approximate surface area is 146 Å². The van der Waals surface area contributed by atoms with Crippen molar-refractivity contribution in [3.8, 4) is 5.69 Å². The van der Waals surface area contributed by atoms with Gasteiger partial charge in [0.25, 0.3) is 0 Å². The molecular formula is C13H6BrClFIN2S. The molecule has 0 unspecified atom stereocenters. The summed E-state index contributed by atoms with van der Waals surface area (Å²) in [7, 11) is 0. The number of fused-ring (bicyclic) bond motifs is 1. The Morgan fingerprint density at radius 2 is 2.05 bits per heavy atom. The lowest BCUT2D eigenvalue weighted by Crippen LogP contribution is -1.97. The number of benzene rings is 2. The van der Waals surface area contributed by atoms with Crippen LogP contribution in [0.1, 0.15) is 0 Å². The molecule has 2 aromatic carbocycles. The predicted octanol–water partition coefficient (Wildman–Crippen LogP) is 5.85. The van der Waals surface area contributed by atoms with Crippen LogP contribution in [-0.2, 0) is 0 Å². The van der Waals surface area contributed by atoms with E-state index in [0.29, 0.717) is 20.0 Å². The first-order valence-electron chi connectivity index (χ1n) is 5.52. The Morgan fingerprint density at radius 1 is 1.30 bits per heavy atom. The zero-order valence-corrected chi connectivity index (χ0v) is 15.1. The average Bonchev–Trinajstić information content (AvgIpc) is 2.64. The molecule has 0 amide bonds. The summed E-state index contributed by atoms with van der Waals surface area (Å²) in [4.78, 5) is 3.14. The normalized spacial score (nSPS) is 11.2. The molecular weight excluding hydrogens is 477 g/mol. The quantitative estimate of drug-likeness (QED) is 0.340. The van der Waals surface area contributed by atoms with Gasteiger partial charge in [-0.1, -0.05) is 11.6 Å². The molecule has 0 atom stereocenters. The Bertz CT molecular complexity index is 867. The topological polar surface area (TPSA) is 20.7 Å². The van der Waals surface area contributed by atoms with Gasteiger partial charge in [-0.05, 0) is 81.1 Å². The van der Waals surface area contributed by atoms with Gasteiger partial charge in [-0.2, -0.15) is 0 Å². The summed E-state index contributed by atoms with van der Waals surface area (Å²) in [6.07, 6.45) is 0. The lowest BCUT2D eigenvalue weighted by Gasteiger charge is -2.10. The highest BCUT2D eigenvalue weighted by Crippen LogP contribution is 2.33. The molecule has 0 aliphatic rings. The highest BCUT2D eigenvalue weighted by molar-refractivity contribution is 14.1. The fourth-order valence-electron chi connectivity index (χ4n) is 2.05. The maximum absolute atomic E-state index is 13.4. The number of hydrogen-bond donors (Lipinski definition) is 1. The second-order valence-corrected chi connectivity index (χ2v) is 7.04. The summed E-state index contributed by atoms with van der Waals surface area (Å²) in [5.41, 5.74) is 2.43. The van der Waals surface area contributed by atoms with Crippen LogP contribution in [0, 0.1) is 14.2 Å². The second kappa shape index (κ2) is 5.40. The second-order valence-electron chi connectivity index (χ2n) is 4.15. The maximum atomic E-state index is 13.4. The smallest absolute Gasteiger partial charge is 0.182 e. The van der Waals surface area contributed by atoms with Gasteiger partial charge in [0.05, 0.1) is 21.7 Å². The van der Waals surface area contributed by atoms with Crippen molar-refractivity contribution in [2.45, 2.75) is 0 Å². The van der Waals surface area contributed by atoms with Crippen LogP contribution in [0.2, 0.25) is 5.02 Å². The van der Waals surface area contributed by atoms with Crippen LogP contribution >= 0.6 is 62.3 Å². The molecule has 3 rings (SSSR count). The fourth-order valence-corrected chi connectivity index (χ4v) is 3.86. The molecule has 0 fully saturated rings. The molecule has 0 aliphatic carbocycles. The van der Waals surface area contributed by atoms with Gasteiger partial charge in [0.2, 0.25) is 0 Å². The molecule has 0 saturated heterocycles. The summed E-state index contributed by atoms with van der Waals surface area (Å²) in [5.74, 6) is -0.397. The number of hydrogen-bond acceptors (Lipinski definition) is 1. The highest BCUT2D eigenvalue weighted by Gasteiger charge is 2.14. The van der Waals surface area contributed by atoms with Crippen molar-refractivity contribution < 1.29 is 4.39 Å². The zero-order valence-electron chi connectivity index (χ0n) is 9.75. The summed E-state index contributed by atoms with van der Waals surface area (Å²) >= 11 is 17.1. The standard InChI is InChI=1S/C13H6BrClFIN2S/c14-8-3-6(16)4-9(15)12(8)19-11-2-1-7(17)5-10(11)18-13(19)20/h1-5H,(H,18,20). The van der Waals surface area contributed by atoms with E-state index < -0.39 is 5.82 Å². The number of nitrogens with one attached hydrogen (secondary N) is 1. The van der Waals surface area contributed by atoms with E-state index in [-0.39, 0.29) is 0 Å². The molecule has 3 aromatic rings. The maximum Gasteiger partial charge on any atom is 0.182 e. The number of H-pyrrole nitrogens is 1. The van der Waals surface area contributed by atoms with E-state index in [2.05, 4.69) is 43.5 Å². The van der Waals surface area contributed by atoms with Crippen LogP contribution in [0.4, 0.5) is 4.39 Å². The Kier molecular flexibility index (Phi) is 3.91. The van der Waals surface area contributed by atoms with Crippen LogP contribution < -0.4 is 0 Å². The molecule has 1 heterocycles. The van der Waals surface area contributed by atoms with E-state index in [1.165, 1.54) is 12.1 Å².